The first-order chi connectivity index (χ1) is 9.97. The van der Waals surface area contributed by atoms with Crippen molar-refractivity contribution >= 4 is 16.2 Å². The fourth-order valence-corrected chi connectivity index (χ4v) is 5.49. The van der Waals surface area contributed by atoms with Gasteiger partial charge in [0.2, 0.25) is 0 Å². The lowest BCUT2D eigenvalue weighted by molar-refractivity contribution is 0.0105. The van der Waals surface area contributed by atoms with E-state index in [0.717, 1.165) is 31.9 Å². The van der Waals surface area contributed by atoms with Crippen LogP contribution in [0.3, 0.4) is 0 Å². The van der Waals surface area contributed by atoms with Gasteiger partial charge in [-0.3, -0.25) is 4.18 Å². The van der Waals surface area contributed by atoms with Crippen LogP contribution in [0.15, 0.2) is 0 Å². The standard InChI is InChI=1S/C15H25NO5S/c1-14(2,3)20-13(17)16-15-7-9-5-10(8-15)11(6-9)12(15)21-22(4,18)19/h9-12H,5-8H2,1-4H3,(H,16,17)/t9-,10-,11-,12-,15-/m0/s1. The highest BCUT2D eigenvalue weighted by Gasteiger charge is 2.64. The molecule has 0 unspecified atom stereocenters. The number of carbonyl (C=O) groups is 1. The van der Waals surface area contributed by atoms with Gasteiger partial charge in [-0.25, -0.2) is 4.79 Å². The van der Waals surface area contributed by atoms with Crippen LogP contribution in [-0.2, 0) is 19.0 Å². The molecule has 7 heteroatoms. The predicted molar refractivity (Wildman–Crippen MR) is 80.8 cm³/mol. The molecule has 0 radical (unpaired) electrons. The van der Waals surface area contributed by atoms with E-state index in [1.807, 2.05) is 20.8 Å². The Morgan fingerprint density at radius 2 is 1.91 bits per heavy atom. The van der Waals surface area contributed by atoms with Gasteiger partial charge in [-0.05, 0) is 64.2 Å². The van der Waals surface area contributed by atoms with Gasteiger partial charge in [0.25, 0.3) is 10.1 Å². The number of ether oxygens (including phenoxy) is 1. The first kappa shape index (κ1) is 16.1. The van der Waals surface area contributed by atoms with Gasteiger partial charge in [-0.15, -0.1) is 0 Å². The summed E-state index contributed by atoms with van der Waals surface area (Å²) < 4.78 is 34.0. The zero-order valence-corrected chi connectivity index (χ0v) is 14.4. The highest BCUT2D eigenvalue weighted by Crippen LogP contribution is 2.61. The van der Waals surface area contributed by atoms with Crippen molar-refractivity contribution in [2.24, 2.45) is 17.8 Å². The van der Waals surface area contributed by atoms with E-state index < -0.39 is 33.5 Å². The van der Waals surface area contributed by atoms with Gasteiger partial charge in [0.15, 0.2) is 0 Å². The summed E-state index contributed by atoms with van der Waals surface area (Å²) in [5.74, 6) is 1.22. The zero-order valence-electron chi connectivity index (χ0n) is 13.6. The van der Waals surface area contributed by atoms with E-state index in [4.69, 9.17) is 8.92 Å². The fourth-order valence-electron chi connectivity index (χ4n) is 4.79. The van der Waals surface area contributed by atoms with Gasteiger partial charge >= 0.3 is 6.09 Å². The minimum Gasteiger partial charge on any atom is -0.444 e. The van der Waals surface area contributed by atoms with Gasteiger partial charge in [-0.2, -0.15) is 8.42 Å². The molecule has 6 nitrogen and oxygen atoms in total. The van der Waals surface area contributed by atoms with Crippen molar-refractivity contribution in [2.45, 2.75) is 63.7 Å². The van der Waals surface area contributed by atoms with Crippen molar-refractivity contribution in [3.05, 3.63) is 0 Å². The van der Waals surface area contributed by atoms with Gasteiger partial charge in [0.05, 0.1) is 11.8 Å². The quantitative estimate of drug-likeness (QED) is 0.800. The van der Waals surface area contributed by atoms with Gasteiger partial charge in [-0.1, -0.05) is 0 Å². The number of amides is 1. The summed E-state index contributed by atoms with van der Waals surface area (Å²) in [7, 11) is -3.56. The Balaban J connectivity index is 1.81. The lowest BCUT2D eigenvalue weighted by atomic mass is 9.74. The van der Waals surface area contributed by atoms with Crippen molar-refractivity contribution in [1.82, 2.24) is 5.32 Å². The van der Waals surface area contributed by atoms with Crippen LogP contribution < -0.4 is 5.32 Å². The first-order valence-corrected chi connectivity index (χ1v) is 9.68. The average Bonchev–Trinajstić information content (AvgIpc) is 2.65. The fraction of sp³-hybridized carbons (Fsp3) is 0.933. The summed E-state index contributed by atoms with van der Waals surface area (Å²) >= 11 is 0. The summed E-state index contributed by atoms with van der Waals surface area (Å²) in [5, 5.41) is 2.96. The molecule has 5 atom stereocenters. The molecule has 1 N–H and O–H groups in total. The highest BCUT2D eigenvalue weighted by molar-refractivity contribution is 7.86. The molecule has 0 spiro atoms. The van der Waals surface area contributed by atoms with Crippen LogP contribution in [0.2, 0.25) is 0 Å². The van der Waals surface area contributed by atoms with Crippen LogP contribution >= 0.6 is 0 Å². The molecule has 4 aliphatic carbocycles. The van der Waals surface area contributed by atoms with Crippen molar-refractivity contribution in [2.75, 3.05) is 6.26 Å². The maximum Gasteiger partial charge on any atom is 0.408 e. The van der Waals surface area contributed by atoms with E-state index in [1.165, 1.54) is 0 Å². The number of hydrogen-bond acceptors (Lipinski definition) is 5. The summed E-state index contributed by atoms with van der Waals surface area (Å²) in [5.41, 5.74) is -1.18. The smallest absolute Gasteiger partial charge is 0.408 e. The molecule has 0 saturated heterocycles. The maximum atomic E-state index is 12.2. The van der Waals surface area contributed by atoms with Crippen molar-refractivity contribution in [1.29, 1.82) is 0 Å². The number of alkyl carbamates (subject to hydrolysis) is 1. The lowest BCUT2D eigenvalue weighted by Crippen LogP contribution is -2.60. The molecule has 4 rings (SSSR count). The Labute approximate surface area is 132 Å². The molecule has 1 amide bonds. The third-order valence-corrected chi connectivity index (χ3v) is 5.65. The molecule has 0 aromatic rings. The topological polar surface area (TPSA) is 81.7 Å². The summed E-state index contributed by atoms with van der Waals surface area (Å²) in [6.07, 6.45) is 3.81. The molecule has 22 heavy (non-hydrogen) atoms. The Kier molecular flexibility index (Phi) is 3.53. The number of carbonyl (C=O) groups excluding carboxylic acids is 1. The third kappa shape index (κ3) is 2.97. The minimum atomic E-state index is -3.56. The largest absolute Gasteiger partial charge is 0.444 e. The minimum absolute atomic E-state index is 0.225. The molecule has 0 aromatic heterocycles. The third-order valence-electron chi connectivity index (χ3n) is 5.09. The van der Waals surface area contributed by atoms with E-state index in [-0.39, 0.29) is 5.92 Å². The Morgan fingerprint density at radius 3 is 2.50 bits per heavy atom. The molecular formula is C15H25NO5S. The SMILES string of the molecule is CC(C)(C)OC(=O)N[C@@]12C[C@H]3C[C@@H](C1)[C@H](C3)[C@@H]2OS(C)(=O)=O. The average molecular weight is 331 g/mol. The van der Waals surface area contributed by atoms with Crippen LogP contribution in [0.4, 0.5) is 4.79 Å². The molecule has 4 aliphatic rings. The Morgan fingerprint density at radius 1 is 1.23 bits per heavy atom. The molecular weight excluding hydrogens is 306 g/mol. The first-order valence-electron chi connectivity index (χ1n) is 7.87. The molecule has 0 aromatic carbocycles. The summed E-state index contributed by atoms with van der Waals surface area (Å²) in [6.45, 7) is 5.43. The van der Waals surface area contributed by atoms with Gasteiger partial charge < -0.3 is 10.1 Å². The second kappa shape index (κ2) is 4.84. The number of hydrogen-bond donors (Lipinski definition) is 1. The molecule has 4 saturated carbocycles. The van der Waals surface area contributed by atoms with Crippen molar-refractivity contribution in [3.63, 3.8) is 0 Å². The van der Waals surface area contributed by atoms with E-state index in [2.05, 4.69) is 5.32 Å². The molecule has 0 heterocycles. The molecule has 0 aliphatic heterocycles. The molecule has 4 bridgehead atoms. The Hall–Kier alpha value is -0.820. The van der Waals surface area contributed by atoms with E-state index in [1.54, 1.807) is 0 Å². The van der Waals surface area contributed by atoms with Crippen LogP contribution in [0.5, 0.6) is 0 Å². The Bertz CT molecular complexity index is 577. The van der Waals surface area contributed by atoms with E-state index in [9.17, 15) is 13.2 Å². The van der Waals surface area contributed by atoms with Crippen LogP contribution in [-0.4, -0.2) is 38.0 Å². The van der Waals surface area contributed by atoms with E-state index in [0.29, 0.717) is 11.8 Å². The van der Waals surface area contributed by atoms with Crippen LogP contribution in [0, 0.1) is 17.8 Å². The lowest BCUT2D eigenvalue weighted by Gasteiger charge is -2.43. The maximum absolute atomic E-state index is 12.2. The van der Waals surface area contributed by atoms with Gasteiger partial charge in [0, 0.05) is 0 Å². The van der Waals surface area contributed by atoms with Gasteiger partial charge in [0.1, 0.15) is 11.7 Å². The summed E-state index contributed by atoms with van der Waals surface area (Å²) in [6, 6.07) is 0. The highest BCUT2D eigenvalue weighted by atomic mass is 32.2. The predicted octanol–water partition coefficient (Wildman–Crippen LogP) is 2.04. The molecule has 4 fully saturated rings. The monoisotopic (exact) mass is 331 g/mol. The summed E-state index contributed by atoms with van der Waals surface area (Å²) in [4.78, 5) is 12.2. The van der Waals surface area contributed by atoms with Crippen LogP contribution in [0.25, 0.3) is 0 Å². The second-order valence-corrected chi connectivity index (χ2v) is 9.77. The van der Waals surface area contributed by atoms with Crippen LogP contribution in [0.1, 0.15) is 46.5 Å². The number of nitrogens with one attached hydrogen (secondary N) is 1. The normalized spacial score (nSPS) is 40.0. The van der Waals surface area contributed by atoms with E-state index >= 15 is 0 Å². The molecule has 126 valence electrons. The van der Waals surface area contributed by atoms with Crippen molar-refractivity contribution in [3.8, 4) is 0 Å². The number of rotatable bonds is 3. The van der Waals surface area contributed by atoms with Crippen molar-refractivity contribution < 1.29 is 22.1 Å². The zero-order chi connectivity index (χ0) is 16.3. The second-order valence-electron chi connectivity index (χ2n) is 8.17.